The molecule has 0 spiro atoms. The van der Waals surface area contributed by atoms with Gasteiger partial charge in [0.1, 0.15) is 0 Å². The molecule has 1 amide bonds. The van der Waals surface area contributed by atoms with Crippen molar-refractivity contribution in [3.8, 4) is 17.3 Å². The number of anilines is 1. The molecule has 1 aromatic heterocycles. The van der Waals surface area contributed by atoms with Crippen LogP contribution < -0.4 is 5.32 Å². The highest BCUT2D eigenvalue weighted by atomic mass is 32.1. The highest BCUT2D eigenvalue weighted by Crippen LogP contribution is 2.29. The third-order valence-corrected chi connectivity index (χ3v) is 3.94. The number of nitrogens with zero attached hydrogens (tertiary/aromatic N) is 2. The SMILES string of the molecule is N#CCCc1nc(-c2ccc3c(c2)CC(=O)N3)cs1. The molecule has 0 unspecified atom stereocenters. The van der Waals surface area contributed by atoms with Crippen LogP contribution in [0.4, 0.5) is 5.69 Å². The normalized spacial score (nSPS) is 12.9. The minimum Gasteiger partial charge on any atom is -0.326 e. The van der Waals surface area contributed by atoms with Crippen molar-refractivity contribution in [2.24, 2.45) is 0 Å². The Balaban J connectivity index is 1.87. The first-order valence-electron chi connectivity index (χ1n) is 6.01. The summed E-state index contributed by atoms with van der Waals surface area (Å²) in [7, 11) is 0. The number of amides is 1. The van der Waals surface area contributed by atoms with Crippen molar-refractivity contribution >= 4 is 22.9 Å². The van der Waals surface area contributed by atoms with Gasteiger partial charge < -0.3 is 5.32 Å². The number of benzene rings is 1. The van der Waals surface area contributed by atoms with Crippen molar-refractivity contribution in [3.63, 3.8) is 0 Å². The van der Waals surface area contributed by atoms with Gasteiger partial charge in [-0.05, 0) is 17.7 Å². The highest BCUT2D eigenvalue weighted by Gasteiger charge is 2.18. The fourth-order valence-electron chi connectivity index (χ4n) is 2.11. The molecular formula is C14H11N3OS. The average molecular weight is 269 g/mol. The van der Waals surface area contributed by atoms with E-state index < -0.39 is 0 Å². The van der Waals surface area contributed by atoms with Crippen LogP contribution in [0.25, 0.3) is 11.3 Å². The van der Waals surface area contributed by atoms with Crippen LogP contribution in [0.1, 0.15) is 17.0 Å². The fraction of sp³-hybridized carbons (Fsp3) is 0.214. The molecule has 0 radical (unpaired) electrons. The lowest BCUT2D eigenvalue weighted by atomic mass is 10.1. The molecule has 0 saturated heterocycles. The lowest BCUT2D eigenvalue weighted by Gasteiger charge is -2.01. The van der Waals surface area contributed by atoms with Gasteiger partial charge in [0.15, 0.2) is 0 Å². The summed E-state index contributed by atoms with van der Waals surface area (Å²) in [5.74, 6) is 0.0418. The zero-order valence-electron chi connectivity index (χ0n) is 10.1. The quantitative estimate of drug-likeness (QED) is 0.931. The largest absolute Gasteiger partial charge is 0.326 e. The standard InChI is InChI=1S/C14H11N3OS/c15-5-1-2-14-17-12(8-19-14)9-3-4-11-10(6-9)7-13(18)16-11/h3-4,6,8H,1-2,7H2,(H,16,18). The molecule has 0 atom stereocenters. The fourth-order valence-corrected chi connectivity index (χ4v) is 2.92. The van der Waals surface area contributed by atoms with Gasteiger partial charge in [0.25, 0.3) is 0 Å². The zero-order chi connectivity index (χ0) is 13.2. The average Bonchev–Trinajstić information content (AvgIpc) is 3.00. The molecule has 94 valence electrons. The van der Waals surface area contributed by atoms with Crippen LogP contribution in [0.5, 0.6) is 0 Å². The van der Waals surface area contributed by atoms with Gasteiger partial charge in [-0.15, -0.1) is 11.3 Å². The molecular weight excluding hydrogens is 258 g/mol. The Hall–Kier alpha value is -2.19. The molecule has 0 aliphatic carbocycles. The van der Waals surface area contributed by atoms with Crippen molar-refractivity contribution in [1.29, 1.82) is 5.26 Å². The Bertz CT molecular complexity index is 684. The minimum absolute atomic E-state index is 0.0418. The van der Waals surface area contributed by atoms with Crippen molar-refractivity contribution in [2.75, 3.05) is 5.32 Å². The second kappa shape index (κ2) is 4.82. The van der Waals surface area contributed by atoms with Crippen LogP contribution in [0.3, 0.4) is 0 Å². The number of aromatic nitrogens is 1. The molecule has 5 heteroatoms. The molecule has 4 nitrogen and oxygen atoms in total. The number of aryl methyl sites for hydroxylation is 1. The molecule has 0 fully saturated rings. The van der Waals surface area contributed by atoms with Crippen molar-refractivity contribution in [2.45, 2.75) is 19.3 Å². The van der Waals surface area contributed by atoms with Crippen LogP contribution in [0.2, 0.25) is 0 Å². The number of nitriles is 1. The van der Waals surface area contributed by atoms with E-state index >= 15 is 0 Å². The maximum absolute atomic E-state index is 11.3. The van der Waals surface area contributed by atoms with Crippen LogP contribution in [-0.4, -0.2) is 10.9 Å². The molecule has 1 aliphatic heterocycles. The highest BCUT2D eigenvalue weighted by molar-refractivity contribution is 7.09. The van der Waals surface area contributed by atoms with E-state index in [9.17, 15) is 4.79 Å². The van der Waals surface area contributed by atoms with E-state index in [1.54, 1.807) is 11.3 Å². The van der Waals surface area contributed by atoms with Crippen LogP contribution in [0, 0.1) is 11.3 Å². The number of thiazole rings is 1. The number of carbonyl (C=O) groups excluding carboxylic acids is 1. The molecule has 1 aromatic carbocycles. The molecule has 1 N–H and O–H groups in total. The molecule has 2 heterocycles. The third-order valence-electron chi connectivity index (χ3n) is 3.03. The molecule has 0 saturated carbocycles. The minimum atomic E-state index is 0.0418. The number of rotatable bonds is 3. The lowest BCUT2D eigenvalue weighted by molar-refractivity contribution is -0.115. The predicted molar refractivity (Wildman–Crippen MR) is 73.8 cm³/mol. The maximum Gasteiger partial charge on any atom is 0.228 e. The monoisotopic (exact) mass is 269 g/mol. The van der Waals surface area contributed by atoms with Crippen LogP contribution >= 0.6 is 11.3 Å². The lowest BCUT2D eigenvalue weighted by Crippen LogP contribution is -2.03. The van der Waals surface area contributed by atoms with Gasteiger partial charge in [0, 0.05) is 29.5 Å². The van der Waals surface area contributed by atoms with Crippen LogP contribution in [0.15, 0.2) is 23.6 Å². The molecule has 2 aromatic rings. The van der Waals surface area contributed by atoms with Gasteiger partial charge in [0.2, 0.25) is 5.91 Å². The van der Waals surface area contributed by atoms with Crippen molar-refractivity contribution in [3.05, 3.63) is 34.2 Å². The van der Waals surface area contributed by atoms with Gasteiger partial charge in [-0.3, -0.25) is 4.79 Å². The number of fused-ring (bicyclic) bond motifs is 1. The van der Waals surface area contributed by atoms with E-state index in [0.717, 1.165) is 27.5 Å². The van der Waals surface area contributed by atoms with Crippen LogP contribution in [-0.2, 0) is 17.6 Å². The first kappa shape index (κ1) is 11.9. The van der Waals surface area contributed by atoms with E-state index in [-0.39, 0.29) is 5.91 Å². The van der Waals surface area contributed by atoms with E-state index in [1.165, 1.54) is 0 Å². The van der Waals surface area contributed by atoms with Gasteiger partial charge in [-0.2, -0.15) is 5.26 Å². The molecule has 3 rings (SSSR count). The number of hydrogen-bond acceptors (Lipinski definition) is 4. The zero-order valence-corrected chi connectivity index (χ0v) is 11.0. The summed E-state index contributed by atoms with van der Waals surface area (Å²) >= 11 is 1.57. The first-order chi connectivity index (χ1) is 9.26. The third kappa shape index (κ3) is 2.35. The summed E-state index contributed by atoms with van der Waals surface area (Å²) < 4.78 is 0. The van der Waals surface area contributed by atoms with Crippen molar-refractivity contribution < 1.29 is 4.79 Å². The van der Waals surface area contributed by atoms with E-state index in [0.29, 0.717) is 19.3 Å². The number of hydrogen-bond donors (Lipinski definition) is 1. The topological polar surface area (TPSA) is 65.8 Å². The van der Waals surface area contributed by atoms with Gasteiger partial charge in [-0.1, -0.05) is 6.07 Å². The predicted octanol–water partition coefficient (Wildman–Crippen LogP) is 2.76. The summed E-state index contributed by atoms with van der Waals surface area (Å²) in [6.45, 7) is 0. The molecule has 19 heavy (non-hydrogen) atoms. The first-order valence-corrected chi connectivity index (χ1v) is 6.89. The summed E-state index contributed by atoms with van der Waals surface area (Å²) in [6, 6.07) is 8.02. The van der Waals surface area contributed by atoms with Gasteiger partial charge in [-0.25, -0.2) is 4.98 Å². The molecule has 1 aliphatic rings. The Labute approximate surface area is 114 Å². The van der Waals surface area contributed by atoms with Gasteiger partial charge in [0.05, 0.1) is 23.2 Å². The second-order valence-electron chi connectivity index (χ2n) is 4.38. The number of nitrogens with one attached hydrogen (secondary N) is 1. The summed E-state index contributed by atoms with van der Waals surface area (Å²) in [6.07, 6.45) is 1.64. The summed E-state index contributed by atoms with van der Waals surface area (Å²) in [5.41, 5.74) is 3.86. The summed E-state index contributed by atoms with van der Waals surface area (Å²) in [5, 5.41) is 14.4. The Morgan fingerprint density at radius 1 is 1.47 bits per heavy atom. The van der Waals surface area contributed by atoms with E-state index in [1.807, 2.05) is 23.6 Å². The Kier molecular flexibility index (Phi) is 3.02. The maximum atomic E-state index is 11.3. The summed E-state index contributed by atoms with van der Waals surface area (Å²) in [4.78, 5) is 15.8. The Morgan fingerprint density at radius 3 is 3.21 bits per heavy atom. The van der Waals surface area contributed by atoms with Crippen molar-refractivity contribution in [1.82, 2.24) is 4.98 Å². The second-order valence-corrected chi connectivity index (χ2v) is 5.32. The smallest absolute Gasteiger partial charge is 0.228 e. The van der Waals surface area contributed by atoms with E-state index in [2.05, 4.69) is 16.4 Å². The van der Waals surface area contributed by atoms with E-state index in [4.69, 9.17) is 5.26 Å². The molecule has 0 bridgehead atoms. The Morgan fingerprint density at radius 2 is 2.37 bits per heavy atom. The van der Waals surface area contributed by atoms with Gasteiger partial charge >= 0.3 is 0 Å². The number of carbonyl (C=O) groups is 1.